The van der Waals surface area contributed by atoms with E-state index in [1.807, 2.05) is 4.90 Å². The average Bonchev–Trinajstić information content (AvgIpc) is 2.53. The molecule has 14 heavy (non-hydrogen) atoms. The van der Waals surface area contributed by atoms with Gasteiger partial charge in [-0.25, -0.2) is 0 Å². The van der Waals surface area contributed by atoms with Gasteiger partial charge in [-0.05, 0) is 0 Å². The molecule has 78 valence electrons. The maximum absolute atomic E-state index is 8.82. The van der Waals surface area contributed by atoms with E-state index in [-0.39, 0.29) is 6.61 Å². The molecule has 0 aliphatic carbocycles. The molecular weight excluding hydrogens is 222 g/mol. The number of hydrogen-bond acceptors (Lipinski definition) is 5. The molecule has 6 heteroatoms. The highest BCUT2D eigenvalue weighted by Gasteiger charge is 2.09. The number of hydrogen-bond donors (Lipinski definition) is 1. The molecule has 0 aliphatic rings. The average molecular weight is 234 g/mol. The van der Waals surface area contributed by atoms with Crippen molar-refractivity contribution < 1.29 is 5.11 Å². The van der Waals surface area contributed by atoms with Gasteiger partial charge in [-0.2, -0.15) is 0 Å². The molecule has 1 rings (SSSR count). The summed E-state index contributed by atoms with van der Waals surface area (Å²) in [4.78, 5) is 2.00. The maximum Gasteiger partial charge on any atom is 0.138 e. The summed E-state index contributed by atoms with van der Waals surface area (Å²) >= 11 is 7.03. The van der Waals surface area contributed by atoms with Gasteiger partial charge < -0.3 is 5.11 Å². The van der Waals surface area contributed by atoms with Crippen molar-refractivity contribution in [2.45, 2.75) is 6.54 Å². The van der Waals surface area contributed by atoms with Crippen molar-refractivity contribution in [2.24, 2.45) is 0 Å². The lowest BCUT2D eigenvalue weighted by molar-refractivity contribution is 0.202. The van der Waals surface area contributed by atoms with Crippen LogP contribution >= 0.6 is 23.1 Å². The summed E-state index contributed by atoms with van der Waals surface area (Å²) in [5.74, 6) is 0. The van der Waals surface area contributed by atoms with Crippen molar-refractivity contribution in [1.29, 1.82) is 0 Å². The Labute approximate surface area is 92.0 Å². The van der Waals surface area contributed by atoms with Crippen LogP contribution in [0.25, 0.3) is 0 Å². The molecule has 0 saturated heterocycles. The van der Waals surface area contributed by atoms with E-state index in [4.69, 9.17) is 16.7 Å². The summed E-state index contributed by atoms with van der Waals surface area (Å²) in [5.41, 5.74) is 0.756. The lowest BCUT2D eigenvalue weighted by Gasteiger charge is -2.17. The molecule has 0 atom stereocenters. The smallest absolute Gasteiger partial charge is 0.138 e. The summed E-state index contributed by atoms with van der Waals surface area (Å²) in [6.07, 6.45) is 1.78. The quantitative estimate of drug-likeness (QED) is 0.750. The molecule has 0 bridgehead atoms. The second-order valence-corrected chi connectivity index (χ2v) is 4.10. The van der Waals surface area contributed by atoms with Crippen LogP contribution in [-0.4, -0.2) is 39.3 Å². The highest BCUT2D eigenvalue weighted by atomic mass is 35.5. The number of aromatic nitrogens is 2. The fraction of sp³-hybridized carbons (Fsp3) is 0.500. The van der Waals surface area contributed by atoms with Gasteiger partial charge in [0.05, 0.1) is 6.61 Å². The van der Waals surface area contributed by atoms with Gasteiger partial charge in [0.2, 0.25) is 0 Å². The van der Waals surface area contributed by atoms with E-state index in [9.17, 15) is 0 Å². The first-order valence-electron chi connectivity index (χ1n) is 4.18. The van der Waals surface area contributed by atoms with Crippen molar-refractivity contribution in [3.8, 4) is 0 Å². The van der Waals surface area contributed by atoms with Gasteiger partial charge >= 0.3 is 0 Å². The van der Waals surface area contributed by atoms with Gasteiger partial charge in [0, 0.05) is 31.2 Å². The van der Waals surface area contributed by atoms with Crippen molar-refractivity contribution in [2.75, 3.05) is 19.7 Å². The van der Waals surface area contributed by atoms with Crippen LogP contribution in [0, 0.1) is 0 Å². The number of rotatable bonds is 6. The second-order valence-electron chi connectivity index (χ2n) is 2.74. The molecule has 0 aromatic carbocycles. The lowest BCUT2D eigenvalue weighted by atomic mass is 10.4. The number of nitrogens with zero attached hydrogens (tertiary/aromatic N) is 3. The van der Waals surface area contributed by atoms with Crippen LogP contribution < -0.4 is 0 Å². The standard InChI is InChI=1S/C8H12ClN3OS/c1-2-3-12(4-5-13)6-7-8(9)14-11-10-7/h2,13H,1,3-6H2. The highest BCUT2D eigenvalue weighted by molar-refractivity contribution is 7.10. The number of halogens is 1. The van der Waals surface area contributed by atoms with Gasteiger partial charge in [-0.3, -0.25) is 4.90 Å². The van der Waals surface area contributed by atoms with Crippen molar-refractivity contribution in [3.63, 3.8) is 0 Å². The summed E-state index contributed by atoms with van der Waals surface area (Å²) in [6.45, 7) is 5.64. The highest BCUT2D eigenvalue weighted by Crippen LogP contribution is 2.18. The maximum atomic E-state index is 8.82. The summed E-state index contributed by atoms with van der Waals surface area (Å²) in [7, 11) is 0. The van der Waals surface area contributed by atoms with E-state index in [1.54, 1.807) is 6.08 Å². The Morgan fingerprint density at radius 3 is 2.93 bits per heavy atom. The number of aliphatic hydroxyl groups is 1. The predicted molar refractivity (Wildman–Crippen MR) is 57.5 cm³/mol. The van der Waals surface area contributed by atoms with E-state index in [0.717, 1.165) is 5.69 Å². The fourth-order valence-electron chi connectivity index (χ4n) is 1.06. The Kier molecular flexibility index (Phi) is 5.03. The molecule has 0 fully saturated rings. The van der Waals surface area contributed by atoms with Crippen molar-refractivity contribution in [3.05, 3.63) is 22.7 Å². The van der Waals surface area contributed by atoms with Crippen molar-refractivity contribution in [1.82, 2.24) is 14.5 Å². The SMILES string of the molecule is C=CCN(CCO)Cc1nnsc1Cl. The first-order valence-corrected chi connectivity index (χ1v) is 5.34. The second kappa shape index (κ2) is 6.08. The molecule has 0 unspecified atom stereocenters. The third-order valence-corrected chi connectivity index (χ3v) is 2.67. The summed E-state index contributed by atoms with van der Waals surface area (Å²) < 4.78 is 4.35. The normalized spacial score (nSPS) is 10.8. The van der Waals surface area contributed by atoms with E-state index in [1.165, 1.54) is 11.5 Å². The Bertz CT molecular complexity index is 292. The Hall–Kier alpha value is -0.490. The first-order chi connectivity index (χ1) is 6.77. The van der Waals surface area contributed by atoms with Crippen LogP contribution in [0.5, 0.6) is 0 Å². The zero-order valence-electron chi connectivity index (χ0n) is 7.69. The first kappa shape index (κ1) is 11.6. The Morgan fingerprint density at radius 1 is 1.64 bits per heavy atom. The van der Waals surface area contributed by atoms with Crippen LogP contribution in [0.15, 0.2) is 12.7 Å². The monoisotopic (exact) mass is 233 g/mol. The van der Waals surface area contributed by atoms with E-state index in [2.05, 4.69) is 16.2 Å². The largest absolute Gasteiger partial charge is 0.395 e. The van der Waals surface area contributed by atoms with Crippen LogP contribution in [0.1, 0.15) is 5.69 Å². The zero-order valence-corrected chi connectivity index (χ0v) is 9.26. The molecule has 1 N–H and O–H groups in total. The predicted octanol–water partition coefficient (Wildman–Crippen LogP) is 1.17. The Morgan fingerprint density at radius 2 is 2.43 bits per heavy atom. The van der Waals surface area contributed by atoms with Crippen LogP contribution in [0.4, 0.5) is 0 Å². The molecule has 0 saturated carbocycles. The summed E-state index contributed by atoms with van der Waals surface area (Å²) in [5, 5.41) is 12.7. The minimum atomic E-state index is 0.114. The van der Waals surface area contributed by atoms with Crippen LogP contribution in [-0.2, 0) is 6.54 Å². The topological polar surface area (TPSA) is 49.2 Å². The summed E-state index contributed by atoms with van der Waals surface area (Å²) in [6, 6.07) is 0. The van der Waals surface area contributed by atoms with E-state index in [0.29, 0.717) is 24.0 Å². The lowest BCUT2D eigenvalue weighted by Crippen LogP contribution is -2.26. The van der Waals surface area contributed by atoms with Crippen LogP contribution in [0.3, 0.4) is 0 Å². The molecule has 0 spiro atoms. The molecule has 1 aromatic heterocycles. The molecule has 1 aromatic rings. The number of aliphatic hydroxyl groups excluding tert-OH is 1. The van der Waals surface area contributed by atoms with Gasteiger partial charge in [0.15, 0.2) is 0 Å². The fourth-order valence-corrected chi connectivity index (χ4v) is 1.67. The molecule has 0 amide bonds. The van der Waals surface area contributed by atoms with Crippen LogP contribution in [0.2, 0.25) is 4.34 Å². The van der Waals surface area contributed by atoms with Gasteiger partial charge in [0.1, 0.15) is 10.0 Å². The molecule has 1 heterocycles. The van der Waals surface area contributed by atoms with E-state index >= 15 is 0 Å². The minimum absolute atomic E-state index is 0.114. The van der Waals surface area contributed by atoms with E-state index < -0.39 is 0 Å². The van der Waals surface area contributed by atoms with Crippen molar-refractivity contribution >= 4 is 23.1 Å². The Balaban J connectivity index is 2.54. The molecule has 0 radical (unpaired) electrons. The van der Waals surface area contributed by atoms with Gasteiger partial charge in [0.25, 0.3) is 0 Å². The molecule has 4 nitrogen and oxygen atoms in total. The third kappa shape index (κ3) is 3.34. The third-order valence-electron chi connectivity index (χ3n) is 1.69. The zero-order chi connectivity index (χ0) is 10.4. The molecular formula is C8H12ClN3OS. The van der Waals surface area contributed by atoms with Gasteiger partial charge in [-0.1, -0.05) is 22.2 Å². The molecule has 0 aliphatic heterocycles. The van der Waals surface area contributed by atoms with Gasteiger partial charge in [-0.15, -0.1) is 11.7 Å². The minimum Gasteiger partial charge on any atom is -0.395 e.